The molecule has 0 radical (unpaired) electrons. The van der Waals surface area contributed by atoms with Crippen molar-refractivity contribution >= 4 is 12.0 Å². The molecule has 1 atom stereocenters. The third-order valence-corrected chi connectivity index (χ3v) is 3.89. The van der Waals surface area contributed by atoms with Gasteiger partial charge in [0.2, 0.25) is 0 Å². The van der Waals surface area contributed by atoms with Gasteiger partial charge in [-0.2, -0.15) is 0 Å². The zero-order chi connectivity index (χ0) is 15.3. The van der Waals surface area contributed by atoms with Gasteiger partial charge in [0.1, 0.15) is 0 Å². The lowest BCUT2D eigenvalue weighted by Gasteiger charge is -2.31. The molecule has 1 rings (SSSR count). The molecule has 0 aromatic heterocycles. The minimum atomic E-state index is -0.944. The number of nitrogens with zero attached hydrogens (tertiary/aromatic N) is 2. The van der Waals surface area contributed by atoms with Gasteiger partial charge in [-0.15, -0.1) is 0 Å². The van der Waals surface area contributed by atoms with Crippen LogP contribution in [0.5, 0.6) is 0 Å². The highest BCUT2D eigenvalue weighted by Gasteiger charge is 2.30. The fourth-order valence-electron chi connectivity index (χ4n) is 2.33. The van der Waals surface area contributed by atoms with Gasteiger partial charge in [0, 0.05) is 25.7 Å². The van der Waals surface area contributed by atoms with E-state index in [2.05, 4.69) is 24.2 Å². The zero-order valence-electron chi connectivity index (χ0n) is 13.0. The standard InChI is InChI=1S/C14H27N3O3/c1-5-11-9-16(4)7-6-8-17(11)13(20)15-10-14(2,3)12(18)19/h11H,5-10H2,1-4H3,(H,15,20)(H,18,19). The van der Waals surface area contributed by atoms with Gasteiger partial charge in [0.15, 0.2) is 0 Å². The van der Waals surface area contributed by atoms with Crippen LogP contribution in [0.3, 0.4) is 0 Å². The summed E-state index contributed by atoms with van der Waals surface area (Å²) in [6.07, 6.45) is 1.85. The Morgan fingerprint density at radius 3 is 2.55 bits per heavy atom. The molecule has 0 aromatic carbocycles. The molecule has 116 valence electrons. The van der Waals surface area contributed by atoms with Crippen LogP contribution in [0, 0.1) is 5.41 Å². The Hall–Kier alpha value is -1.30. The maximum atomic E-state index is 12.3. The van der Waals surface area contributed by atoms with Gasteiger partial charge >= 0.3 is 12.0 Å². The van der Waals surface area contributed by atoms with Gasteiger partial charge < -0.3 is 20.2 Å². The van der Waals surface area contributed by atoms with Crippen LogP contribution in [-0.4, -0.2) is 66.2 Å². The van der Waals surface area contributed by atoms with Gasteiger partial charge in [-0.1, -0.05) is 6.92 Å². The Morgan fingerprint density at radius 2 is 2.00 bits per heavy atom. The van der Waals surface area contributed by atoms with E-state index in [9.17, 15) is 9.59 Å². The molecule has 6 heteroatoms. The summed E-state index contributed by atoms with van der Waals surface area (Å²) in [6.45, 7) is 8.02. The molecule has 1 aliphatic rings. The van der Waals surface area contributed by atoms with Crippen molar-refractivity contribution in [3.63, 3.8) is 0 Å². The predicted molar refractivity (Wildman–Crippen MR) is 77.7 cm³/mol. The Bertz CT molecular complexity index is 358. The lowest BCUT2D eigenvalue weighted by Crippen LogP contribution is -2.50. The van der Waals surface area contributed by atoms with Crippen LogP contribution < -0.4 is 5.32 Å². The summed E-state index contributed by atoms with van der Waals surface area (Å²) in [7, 11) is 2.07. The molecule has 20 heavy (non-hydrogen) atoms. The molecule has 0 spiro atoms. The van der Waals surface area contributed by atoms with Crippen molar-refractivity contribution in [2.24, 2.45) is 5.41 Å². The first-order chi connectivity index (χ1) is 9.27. The quantitative estimate of drug-likeness (QED) is 0.814. The first-order valence-electron chi connectivity index (χ1n) is 7.24. The smallest absolute Gasteiger partial charge is 0.317 e. The van der Waals surface area contributed by atoms with Crippen molar-refractivity contribution in [2.75, 3.05) is 33.2 Å². The molecule has 2 N–H and O–H groups in total. The van der Waals surface area contributed by atoms with E-state index >= 15 is 0 Å². The minimum Gasteiger partial charge on any atom is -0.481 e. The second kappa shape index (κ2) is 6.92. The van der Waals surface area contributed by atoms with E-state index in [1.54, 1.807) is 13.8 Å². The minimum absolute atomic E-state index is 0.143. The number of amides is 2. The maximum Gasteiger partial charge on any atom is 0.317 e. The summed E-state index contributed by atoms with van der Waals surface area (Å²) in [5.41, 5.74) is -0.944. The molecule has 1 heterocycles. The van der Waals surface area contributed by atoms with Crippen LogP contribution in [0.4, 0.5) is 4.79 Å². The maximum absolute atomic E-state index is 12.3. The summed E-state index contributed by atoms with van der Waals surface area (Å²) in [4.78, 5) is 27.4. The second-order valence-corrected chi connectivity index (χ2v) is 6.22. The number of urea groups is 1. The van der Waals surface area contributed by atoms with Crippen molar-refractivity contribution in [3.05, 3.63) is 0 Å². The molecule has 0 saturated carbocycles. The van der Waals surface area contributed by atoms with Crippen LogP contribution in [0.2, 0.25) is 0 Å². The summed E-state index contributed by atoms with van der Waals surface area (Å²) >= 11 is 0. The zero-order valence-corrected chi connectivity index (χ0v) is 13.0. The number of carboxylic acid groups (broad SMARTS) is 1. The summed E-state index contributed by atoms with van der Waals surface area (Å²) in [5, 5.41) is 11.8. The van der Waals surface area contributed by atoms with E-state index in [0.717, 1.165) is 32.5 Å². The van der Waals surface area contributed by atoms with Gasteiger partial charge in [-0.3, -0.25) is 4.79 Å². The molecule has 1 unspecified atom stereocenters. The van der Waals surface area contributed by atoms with Crippen LogP contribution in [-0.2, 0) is 4.79 Å². The van der Waals surface area contributed by atoms with Gasteiger partial charge in [-0.05, 0) is 40.3 Å². The normalized spacial score (nSPS) is 21.4. The van der Waals surface area contributed by atoms with Crippen molar-refractivity contribution in [2.45, 2.75) is 39.7 Å². The predicted octanol–water partition coefficient (Wildman–Crippen LogP) is 1.22. The molecule has 0 aromatic rings. The highest BCUT2D eigenvalue weighted by molar-refractivity contribution is 5.77. The second-order valence-electron chi connectivity index (χ2n) is 6.22. The van der Waals surface area contributed by atoms with E-state index < -0.39 is 11.4 Å². The van der Waals surface area contributed by atoms with Gasteiger partial charge in [-0.25, -0.2) is 4.79 Å². The summed E-state index contributed by atoms with van der Waals surface area (Å²) in [5.74, 6) is -0.902. The van der Waals surface area contributed by atoms with Gasteiger partial charge in [0.05, 0.1) is 5.41 Å². The highest BCUT2D eigenvalue weighted by atomic mass is 16.4. The molecular formula is C14H27N3O3. The fraction of sp³-hybridized carbons (Fsp3) is 0.857. The van der Waals surface area contributed by atoms with Crippen molar-refractivity contribution in [1.82, 2.24) is 15.1 Å². The van der Waals surface area contributed by atoms with Crippen LogP contribution in [0.1, 0.15) is 33.6 Å². The van der Waals surface area contributed by atoms with E-state index in [4.69, 9.17) is 5.11 Å². The molecule has 2 amide bonds. The largest absolute Gasteiger partial charge is 0.481 e. The van der Waals surface area contributed by atoms with Crippen molar-refractivity contribution < 1.29 is 14.7 Å². The van der Waals surface area contributed by atoms with E-state index in [-0.39, 0.29) is 18.6 Å². The lowest BCUT2D eigenvalue weighted by molar-refractivity contribution is -0.146. The van der Waals surface area contributed by atoms with Crippen LogP contribution in [0.25, 0.3) is 0 Å². The Kier molecular flexibility index (Phi) is 5.80. The lowest BCUT2D eigenvalue weighted by atomic mass is 9.94. The molecule has 0 aliphatic carbocycles. The number of carboxylic acids is 1. The molecule has 0 bridgehead atoms. The summed E-state index contributed by atoms with van der Waals surface area (Å²) < 4.78 is 0. The Labute approximate surface area is 121 Å². The summed E-state index contributed by atoms with van der Waals surface area (Å²) in [6, 6.07) is 0.0388. The molecule has 1 fully saturated rings. The van der Waals surface area contributed by atoms with Crippen LogP contribution in [0.15, 0.2) is 0 Å². The van der Waals surface area contributed by atoms with Crippen molar-refractivity contribution in [1.29, 1.82) is 0 Å². The number of carbonyl (C=O) groups excluding carboxylic acids is 1. The van der Waals surface area contributed by atoms with Crippen molar-refractivity contribution in [3.8, 4) is 0 Å². The molecular weight excluding hydrogens is 258 g/mol. The molecule has 6 nitrogen and oxygen atoms in total. The van der Waals surface area contributed by atoms with Crippen LogP contribution >= 0.6 is 0 Å². The number of rotatable bonds is 4. The molecule has 1 saturated heterocycles. The number of hydrogen-bond acceptors (Lipinski definition) is 3. The number of carbonyl (C=O) groups is 2. The number of likely N-dealkylation sites (N-methyl/N-ethyl adjacent to an activating group) is 1. The average Bonchev–Trinajstić information content (AvgIpc) is 2.57. The highest BCUT2D eigenvalue weighted by Crippen LogP contribution is 2.15. The van der Waals surface area contributed by atoms with E-state index in [0.29, 0.717) is 0 Å². The number of hydrogen-bond donors (Lipinski definition) is 2. The van der Waals surface area contributed by atoms with E-state index in [1.807, 2.05) is 4.90 Å². The first-order valence-corrected chi connectivity index (χ1v) is 7.24. The average molecular weight is 285 g/mol. The third kappa shape index (κ3) is 4.37. The third-order valence-electron chi connectivity index (χ3n) is 3.89. The SMILES string of the molecule is CCC1CN(C)CCCN1C(=O)NCC(C)(C)C(=O)O. The topological polar surface area (TPSA) is 72.9 Å². The Morgan fingerprint density at radius 1 is 1.35 bits per heavy atom. The van der Waals surface area contributed by atoms with E-state index in [1.165, 1.54) is 0 Å². The monoisotopic (exact) mass is 285 g/mol. The number of aliphatic carboxylic acids is 1. The first kappa shape index (κ1) is 16.8. The van der Waals surface area contributed by atoms with Gasteiger partial charge in [0.25, 0.3) is 0 Å². The molecule has 1 aliphatic heterocycles. The number of nitrogens with one attached hydrogen (secondary N) is 1. The Balaban J connectivity index is 2.62. The fourth-order valence-corrected chi connectivity index (χ4v) is 2.33.